The molecule has 1 aliphatic rings. The lowest BCUT2D eigenvalue weighted by Gasteiger charge is -2.39. The Morgan fingerprint density at radius 1 is 1.14 bits per heavy atom. The fraction of sp³-hybridized carbons (Fsp3) is 0.143. The minimum atomic E-state index is -0.474. The number of aldehydes is 1. The average molecular weight is 432 g/mol. The Morgan fingerprint density at radius 2 is 1.97 bits per heavy atom. The molecule has 148 valence electrons. The molecule has 0 bridgehead atoms. The maximum atomic E-state index is 13.9. The van der Waals surface area contributed by atoms with E-state index < -0.39 is 5.82 Å². The van der Waals surface area contributed by atoms with Crippen molar-refractivity contribution in [2.75, 3.05) is 23.3 Å². The lowest BCUT2D eigenvalue weighted by atomic mass is 10.1. The highest BCUT2D eigenvalue weighted by Gasteiger charge is 2.30. The van der Waals surface area contributed by atoms with Crippen LogP contribution in [-0.4, -0.2) is 30.5 Å². The van der Waals surface area contributed by atoms with Gasteiger partial charge in [-0.1, -0.05) is 29.3 Å². The summed E-state index contributed by atoms with van der Waals surface area (Å²) in [6.07, 6.45) is 0.580. The number of benzene rings is 2. The molecule has 1 saturated heterocycles. The van der Waals surface area contributed by atoms with Gasteiger partial charge in [-0.3, -0.25) is 4.79 Å². The Morgan fingerprint density at radius 3 is 2.72 bits per heavy atom. The van der Waals surface area contributed by atoms with Crippen molar-refractivity contribution < 1.29 is 13.9 Å². The van der Waals surface area contributed by atoms with Gasteiger partial charge in [0.25, 0.3) is 0 Å². The number of aromatic nitrogens is 1. The van der Waals surface area contributed by atoms with Crippen molar-refractivity contribution in [1.29, 1.82) is 0 Å². The van der Waals surface area contributed by atoms with Crippen LogP contribution in [0.2, 0.25) is 10.0 Å². The number of carbonyl (C=O) groups excluding carboxylic acids is 1. The number of halogens is 3. The van der Waals surface area contributed by atoms with E-state index in [0.717, 1.165) is 5.82 Å². The molecule has 0 spiro atoms. The van der Waals surface area contributed by atoms with Crippen LogP contribution in [0.3, 0.4) is 0 Å². The van der Waals surface area contributed by atoms with Crippen molar-refractivity contribution in [1.82, 2.24) is 4.98 Å². The van der Waals surface area contributed by atoms with Crippen LogP contribution in [0.1, 0.15) is 10.4 Å². The molecule has 1 N–H and O–H groups in total. The van der Waals surface area contributed by atoms with Gasteiger partial charge in [-0.25, -0.2) is 9.37 Å². The van der Waals surface area contributed by atoms with Gasteiger partial charge in [0, 0.05) is 16.3 Å². The van der Waals surface area contributed by atoms with E-state index in [9.17, 15) is 9.18 Å². The van der Waals surface area contributed by atoms with E-state index in [1.807, 2.05) is 23.1 Å². The summed E-state index contributed by atoms with van der Waals surface area (Å²) < 4.78 is 19.5. The first kappa shape index (κ1) is 19.5. The molecule has 0 saturated carbocycles. The molecule has 0 radical (unpaired) electrons. The van der Waals surface area contributed by atoms with Crippen molar-refractivity contribution in [2.45, 2.75) is 6.10 Å². The second-order valence-electron chi connectivity index (χ2n) is 6.58. The molecule has 2 heterocycles. The van der Waals surface area contributed by atoms with Gasteiger partial charge in [-0.05, 0) is 48.5 Å². The van der Waals surface area contributed by atoms with Gasteiger partial charge in [0.15, 0.2) is 17.9 Å². The maximum absolute atomic E-state index is 13.9. The monoisotopic (exact) mass is 431 g/mol. The van der Waals surface area contributed by atoms with Crippen LogP contribution >= 0.6 is 23.2 Å². The molecule has 4 rings (SSSR count). The average Bonchev–Trinajstić information content (AvgIpc) is 2.67. The van der Waals surface area contributed by atoms with E-state index in [1.54, 1.807) is 24.3 Å². The number of ether oxygens (including phenoxy) is 1. The van der Waals surface area contributed by atoms with Crippen LogP contribution in [0.5, 0.6) is 5.75 Å². The Hall–Kier alpha value is -2.83. The number of pyridine rings is 1. The highest BCUT2D eigenvalue weighted by Crippen LogP contribution is 2.28. The molecule has 0 atom stereocenters. The van der Waals surface area contributed by atoms with Gasteiger partial charge in [-0.15, -0.1) is 0 Å². The smallest absolute Gasteiger partial charge is 0.166 e. The zero-order valence-electron chi connectivity index (χ0n) is 15.1. The SMILES string of the molecule is O=Cc1cc(Nc2cccc(N3CC(Oc4ccc(Cl)cc4F)C3)n2)ccc1Cl. The van der Waals surface area contributed by atoms with E-state index in [2.05, 4.69) is 10.3 Å². The Labute approximate surface area is 177 Å². The molecule has 1 aromatic heterocycles. The summed E-state index contributed by atoms with van der Waals surface area (Å²) in [5, 5.41) is 3.90. The van der Waals surface area contributed by atoms with Gasteiger partial charge in [0.05, 0.1) is 18.1 Å². The Balaban J connectivity index is 1.39. The molecule has 8 heteroatoms. The van der Waals surface area contributed by atoms with E-state index in [4.69, 9.17) is 27.9 Å². The summed E-state index contributed by atoms with van der Waals surface area (Å²) in [5.74, 6) is 1.12. The highest BCUT2D eigenvalue weighted by molar-refractivity contribution is 6.33. The van der Waals surface area contributed by atoms with Crippen LogP contribution in [0.25, 0.3) is 0 Å². The predicted octanol–water partition coefficient (Wildman–Crippen LogP) is 5.35. The van der Waals surface area contributed by atoms with Crippen molar-refractivity contribution in [3.05, 3.63) is 76.0 Å². The maximum Gasteiger partial charge on any atom is 0.166 e. The van der Waals surface area contributed by atoms with Crippen LogP contribution < -0.4 is 15.0 Å². The minimum Gasteiger partial charge on any atom is -0.484 e. The Kier molecular flexibility index (Phi) is 5.56. The van der Waals surface area contributed by atoms with Crippen molar-refractivity contribution in [3.8, 4) is 5.75 Å². The van der Waals surface area contributed by atoms with Crippen LogP contribution in [0.15, 0.2) is 54.6 Å². The molecule has 1 fully saturated rings. The lowest BCUT2D eigenvalue weighted by Crippen LogP contribution is -2.54. The van der Waals surface area contributed by atoms with Crippen molar-refractivity contribution in [2.24, 2.45) is 0 Å². The largest absolute Gasteiger partial charge is 0.484 e. The third-order valence-corrected chi connectivity index (χ3v) is 5.07. The highest BCUT2D eigenvalue weighted by atomic mass is 35.5. The lowest BCUT2D eigenvalue weighted by molar-refractivity contribution is 0.112. The third-order valence-electron chi connectivity index (χ3n) is 4.49. The number of nitrogens with zero attached hydrogens (tertiary/aromatic N) is 2. The van der Waals surface area contributed by atoms with E-state index in [0.29, 0.717) is 46.5 Å². The van der Waals surface area contributed by atoms with Crippen LogP contribution in [0, 0.1) is 5.82 Å². The van der Waals surface area contributed by atoms with Crippen molar-refractivity contribution in [3.63, 3.8) is 0 Å². The number of hydrogen-bond acceptors (Lipinski definition) is 5. The van der Waals surface area contributed by atoms with Gasteiger partial charge in [0.2, 0.25) is 0 Å². The molecule has 29 heavy (non-hydrogen) atoms. The molecule has 5 nitrogen and oxygen atoms in total. The van der Waals surface area contributed by atoms with Gasteiger partial charge in [0.1, 0.15) is 17.7 Å². The Bertz CT molecular complexity index is 1060. The summed E-state index contributed by atoms with van der Waals surface area (Å²) in [7, 11) is 0. The quantitative estimate of drug-likeness (QED) is 0.533. The number of carbonyl (C=O) groups is 1. The first-order chi connectivity index (χ1) is 14.0. The first-order valence-electron chi connectivity index (χ1n) is 8.87. The summed E-state index contributed by atoms with van der Waals surface area (Å²) >= 11 is 11.7. The number of rotatable bonds is 6. The normalized spacial score (nSPS) is 13.7. The second-order valence-corrected chi connectivity index (χ2v) is 7.42. The summed E-state index contributed by atoms with van der Waals surface area (Å²) in [6.45, 7) is 1.18. The number of nitrogens with one attached hydrogen (secondary N) is 1. The first-order valence-corrected chi connectivity index (χ1v) is 9.63. The molecular formula is C21H16Cl2FN3O2. The predicted molar refractivity (Wildman–Crippen MR) is 112 cm³/mol. The zero-order chi connectivity index (χ0) is 20.4. The fourth-order valence-electron chi connectivity index (χ4n) is 2.98. The fourth-order valence-corrected chi connectivity index (χ4v) is 3.30. The number of hydrogen-bond donors (Lipinski definition) is 1. The van der Waals surface area contributed by atoms with E-state index in [-0.39, 0.29) is 11.9 Å². The van der Waals surface area contributed by atoms with E-state index in [1.165, 1.54) is 12.1 Å². The second kappa shape index (κ2) is 8.27. The molecule has 1 aliphatic heterocycles. The molecular weight excluding hydrogens is 416 g/mol. The van der Waals surface area contributed by atoms with Gasteiger partial charge >= 0.3 is 0 Å². The van der Waals surface area contributed by atoms with Crippen LogP contribution in [-0.2, 0) is 0 Å². The zero-order valence-corrected chi connectivity index (χ0v) is 16.6. The van der Waals surface area contributed by atoms with Crippen molar-refractivity contribution >= 4 is 46.8 Å². The van der Waals surface area contributed by atoms with Gasteiger partial charge in [-0.2, -0.15) is 0 Å². The number of anilines is 3. The van der Waals surface area contributed by atoms with Crippen LogP contribution in [0.4, 0.5) is 21.7 Å². The summed E-state index contributed by atoms with van der Waals surface area (Å²) in [4.78, 5) is 17.7. The molecule has 0 unspecified atom stereocenters. The van der Waals surface area contributed by atoms with E-state index >= 15 is 0 Å². The summed E-state index contributed by atoms with van der Waals surface area (Å²) in [6, 6.07) is 15.1. The molecule has 0 aliphatic carbocycles. The molecule has 0 amide bonds. The van der Waals surface area contributed by atoms with Gasteiger partial charge < -0.3 is 15.0 Å². The summed E-state index contributed by atoms with van der Waals surface area (Å²) in [5.41, 5.74) is 1.12. The minimum absolute atomic E-state index is 0.129. The molecule has 2 aromatic carbocycles. The molecule has 3 aromatic rings. The third kappa shape index (κ3) is 4.44. The topological polar surface area (TPSA) is 54.5 Å². The standard InChI is InChI=1S/C21H16Cl2FN3O2/c22-14-4-7-19(18(24)9-14)29-16-10-27(11-16)21-3-1-2-20(26-21)25-15-5-6-17(23)13(8-15)12-28/h1-9,12,16H,10-11H2,(H,25,26).